The molecule has 7 nitrogen and oxygen atoms in total. The molecule has 1 saturated carbocycles. The normalized spacial score (nSPS) is 20.3. The van der Waals surface area contributed by atoms with Gasteiger partial charge >= 0.3 is 6.09 Å². The molecule has 36 heavy (non-hydrogen) atoms. The van der Waals surface area contributed by atoms with Crippen molar-refractivity contribution < 1.29 is 19.4 Å². The summed E-state index contributed by atoms with van der Waals surface area (Å²) in [5.41, 5.74) is 1.50. The minimum absolute atomic E-state index is 0.232. The molecule has 0 spiro atoms. The summed E-state index contributed by atoms with van der Waals surface area (Å²) < 4.78 is 5.66. The Bertz CT molecular complexity index is 1170. The monoisotopic (exact) mass is 511 g/mol. The number of fused-ring (bicyclic) bond motifs is 1. The lowest BCUT2D eigenvalue weighted by molar-refractivity contribution is -0.128. The van der Waals surface area contributed by atoms with Crippen LogP contribution in [0, 0.1) is 0 Å². The van der Waals surface area contributed by atoms with Gasteiger partial charge in [0.25, 0.3) is 0 Å². The molecule has 4 rings (SSSR count). The van der Waals surface area contributed by atoms with E-state index in [0.29, 0.717) is 12.8 Å². The number of alkyl carbamates (subject to hydrolysis) is 1. The summed E-state index contributed by atoms with van der Waals surface area (Å²) in [6, 6.07) is 16.9. The number of aliphatic hydroxyl groups excluding tert-OH is 1. The number of alkyl halides is 1. The van der Waals surface area contributed by atoms with Crippen LogP contribution in [0.3, 0.4) is 0 Å². The third-order valence-electron chi connectivity index (χ3n) is 6.86. The van der Waals surface area contributed by atoms with Crippen molar-refractivity contribution in [2.24, 2.45) is 0 Å². The summed E-state index contributed by atoms with van der Waals surface area (Å²) in [4.78, 5) is 29.9. The van der Waals surface area contributed by atoms with Gasteiger partial charge in [-0.3, -0.25) is 4.79 Å². The highest BCUT2D eigenvalue weighted by Crippen LogP contribution is 2.27. The number of benzene rings is 2. The van der Waals surface area contributed by atoms with Gasteiger partial charge < -0.3 is 25.5 Å². The largest absolute Gasteiger partial charge is 0.445 e. The first-order valence-electron chi connectivity index (χ1n) is 12.5. The fourth-order valence-electron chi connectivity index (χ4n) is 4.82. The van der Waals surface area contributed by atoms with Crippen LogP contribution in [0.5, 0.6) is 0 Å². The van der Waals surface area contributed by atoms with Crippen LogP contribution in [0.4, 0.5) is 4.79 Å². The number of aromatic nitrogens is 1. The van der Waals surface area contributed by atoms with Crippen molar-refractivity contribution in [2.45, 2.75) is 68.5 Å². The average molecular weight is 512 g/mol. The van der Waals surface area contributed by atoms with Crippen LogP contribution in [-0.4, -0.2) is 51.8 Å². The van der Waals surface area contributed by atoms with Crippen molar-refractivity contribution in [2.75, 3.05) is 6.61 Å². The second-order valence-electron chi connectivity index (χ2n) is 9.78. The number of hydrogen-bond acceptors (Lipinski definition) is 4. The van der Waals surface area contributed by atoms with Gasteiger partial charge in [0.15, 0.2) is 0 Å². The van der Waals surface area contributed by atoms with Gasteiger partial charge in [0, 0.05) is 23.5 Å². The lowest BCUT2D eigenvalue weighted by Crippen LogP contribution is -2.61. The van der Waals surface area contributed by atoms with Crippen molar-refractivity contribution >= 4 is 34.5 Å². The predicted octanol–water partition coefficient (Wildman–Crippen LogP) is 4.47. The molecule has 1 aromatic heterocycles. The standard InChI is InChI=1S/C28H34ClN3O4/c1-28(16-20-17-30-24-13-7-5-11-22(20)24,32-27(35)36-25-14-8-6-12-23(25)29)26(34)31-21(18-33)15-19-9-3-2-4-10-19/h2-5,7,9-11,13,17,21,23,25,30,33H,6,8,12,14-16,18H2,1H3,(H,31,34)(H,32,35)/t21-,23?,25?,28+/m0/s1. The quantitative estimate of drug-likeness (QED) is 0.318. The van der Waals surface area contributed by atoms with Crippen LogP contribution < -0.4 is 10.6 Å². The van der Waals surface area contributed by atoms with Crippen molar-refractivity contribution in [3.63, 3.8) is 0 Å². The van der Waals surface area contributed by atoms with Gasteiger partial charge in [-0.05, 0) is 49.8 Å². The Hall–Kier alpha value is -3.03. The minimum Gasteiger partial charge on any atom is -0.445 e. The molecular weight excluding hydrogens is 478 g/mol. The van der Waals surface area contributed by atoms with Crippen LogP contribution in [0.2, 0.25) is 0 Å². The van der Waals surface area contributed by atoms with Crippen LogP contribution in [-0.2, 0) is 22.4 Å². The number of para-hydroxylation sites is 1. The van der Waals surface area contributed by atoms with E-state index in [-0.39, 0.29) is 24.5 Å². The van der Waals surface area contributed by atoms with Crippen LogP contribution >= 0.6 is 11.6 Å². The Balaban J connectivity index is 1.54. The van der Waals surface area contributed by atoms with Crippen LogP contribution in [0.1, 0.15) is 43.7 Å². The molecule has 4 N–H and O–H groups in total. The molecule has 2 amide bonds. The Kier molecular flexibility index (Phi) is 8.54. The van der Waals surface area contributed by atoms with Gasteiger partial charge in [0.2, 0.25) is 5.91 Å². The molecule has 8 heteroatoms. The zero-order chi connectivity index (χ0) is 25.5. The zero-order valence-electron chi connectivity index (χ0n) is 20.5. The first-order chi connectivity index (χ1) is 17.4. The highest BCUT2D eigenvalue weighted by atomic mass is 35.5. The Morgan fingerprint density at radius 1 is 1.14 bits per heavy atom. The maximum Gasteiger partial charge on any atom is 0.408 e. The molecule has 1 aliphatic carbocycles. The van der Waals surface area contributed by atoms with Gasteiger partial charge in [0.1, 0.15) is 11.6 Å². The van der Waals surface area contributed by atoms with E-state index in [2.05, 4.69) is 15.6 Å². The fourth-order valence-corrected chi connectivity index (χ4v) is 5.15. The molecule has 192 valence electrons. The number of ether oxygens (including phenoxy) is 1. The van der Waals surface area contributed by atoms with Crippen molar-refractivity contribution in [3.8, 4) is 0 Å². The summed E-state index contributed by atoms with van der Waals surface area (Å²) >= 11 is 6.39. The molecule has 4 atom stereocenters. The zero-order valence-corrected chi connectivity index (χ0v) is 21.3. The maximum atomic E-state index is 13.7. The molecule has 2 unspecified atom stereocenters. The van der Waals surface area contributed by atoms with E-state index in [1.165, 1.54) is 0 Å². The van der Waals surface area contributed by atoms with Gasteiger partial charge in [0.05, 0.1) is 18.0 Å². The van der Waals surface area contributed by atoms with E-state index in [4.69, 9.17) is 16.3 Å². The smallest absolute Gasteiger partial charge is 0.408 e. The number of nitrogens with one attached hydrogen (secondary N) is 3. The third-order valence-corrected chi connectivity index (χ3v) is 7.36. The van der Waals surface area contributed by atoms with Gasteiger partial charge in [-0.15, -0.1) is 11.6 Å². The number of H-pyrrole nitrogens is 1. The van der Waals surface area contributed by atoms with E-state index < -0.39 is 23.6 Å². The van der Waals surface area contributed by atoms with Crippen molar-refractivity contribution in [3.05, 3.63) is 71.9 Å². The number of halogens is 1. The molecule has 1 heterocycles. The fraction of sp³-hybridized carbons (Fsp3) is 0.429. The molecule has 0 saturated heterocycles. The summed E-state index contributed by atoms with van der Waals surface area (Å²) in [5, 5.41) is 16.5. The van der Waals surface area contributed by atoms with Crippen molar-refractivity contribution in [1.29, 1.82) is 0 Å². The number of hydrogen-bond donors (Lipinski definition) is 4. The highest BCUT2D eigenvalue weighted by molar-refractivity contribution is 6.21. The van der Waals surface area contributed by atoms with E-state index >= 15 is 0 Å². The summed E-state index contributed by atoms with van der Waals surface area (Å²) in [6.45, 7) is 1.45. The molecule has 1 fully saturated rings. The molecular formula is C28H34ClN3O4. The van der Waals surface area contributed by atoms with Gasteiger partial charge in [-0.1, -0.05) is 55.0 Å². The molecule has 1 aliphatic rings. The molecule has 0 bridgehead atoms. The van der Waals surface area contributed by atoms with Gasteiger partial charge in [-0.2, -0.15) is 0 Å². The van der Waals surface area contributed by atoms with Crippen molar-refractivity contribution in [1.82, 2.24) is 15.6 Å². The first-order valence-corrected chi connectivity index (χ1v) is 13.0. The summed E-state index contributed by atoms with van der Waals surface area (Å²) in [7, 11) is 0. The lowest BCUT2D eigenvalue weighted by Gasteiger charge is -2.33. The lowest BCUT2D eigenvalue weighted by atomic mass is 9.91. The van der Waals surface area contributed by atoms with E-state index in [9.17, 15) is 14.7 Å². The van der Waals surface area contributed by atoms with Gasteiger partial charge in [-0.25, -0.2) is 4.79 Å². The predicted molar refractivity (Wildman–Crippen MR) is 141 cm³/mol. The topological polar surface area (TPSA) is 103 Å². The number of carbonyl (C=O) groups is 2. The van der Waals surface area contributed by atoms with E-state index in [1.807, 2.05) is 60.8 Å². The Labute approximate surface area is 216 Å². The second-order valence-corrected chi connectivity index (χ2v) is 10.3. The van der Waals surface area contributed by atoms with E-state index in [0.717, 1.165) is 41.3 Å². The highest BCUT2D eigenvalue weighted by Gasteiger charge is 2.38. The minimum atomic E-state index is -1.33. The third kappa shape index (κ3) is 6.39. The maximum absolute atomic E-state index is 13.7. The number of rotatable bonds is 9. The second kappa shape index (κ2) is 11.8. The molecule has 0 radical (unpaired) electrons. The van der Waals surface area contributed by atoms with Crippen LogP contribution in [0.15, 0.2) is 60.8 Å². The first kappa shape index (κ1) is 26.0. The molecule has 2 aromatic carbocycles. The summed E-state index contributed by atoms with van der Waals surface area (Å²) in [5.74, 6) is -0.397. The number of amides is 2. The molecule has 0 aliphatic heterocycles. The average Bonchev–Trinajstić information content (AvgIpc) is 3.28. The summed E-state index contributed by atoms with van der Waals surface area (Å²) in [6.07, 6.45) is 4.96. The molecule has 3 aromatic rings. The number of aromatic amines is 1. The van der Waals surface area contributed by atoms with E-state index in [1.54, 1.807) is 6.92 Å². The Morgan fingerprint density at radius 2 is 1.86 bits per heavy atom. The number of aliphatic hydroxyl groups is 1. The van der Waals surface area contributed by atoms with Crippen LogP contribution in [0.25, 0.3) is 10.9 Å². The number of carbonyl (C=O) groups excluding carboxylic acids is 2. The SMILES string of the molecule is C[C@](Cc1c[nH]c2ccccc12)(NC(=O)OC1CCCCC1Cl)C(=O)N[C@H](CO)Cc1ccccc1. The Morgan fingerprint density at radius 3 is 2.61 bits per heavy atom.